The molecule has 2 heterocycles. The Morgan fingerprint density at radius 2 is 1.22 bits per heavy atom. The van der Waals surface area contributed by atoms with Crippen LogP contribution in [0.3, 0.4) is 0 Å². The Morgan fingerprint density at radius 3 is 2.03 bits per heavy atom. The number of hydrogen-bond acceptors (Lipinski definition) is 3. The summed E-state index contributed by atoms with van der Waals surface area (Å²) in [4.78, 5) is 14.2. The molecule has 0 aliphatic rings. The number of hydrogen-bond donors (Lipinski definition) is 0. The highest BCUT2D eigenvalue weighted by atomic mass is 15.0. The molecular weight excluding hydrogens is 392 g/mol. The van der Waals surface area contributed by atoms with Crippen LogP contribution < -0.4 is 0 Å². The van der Waals surface area contributed by atoms with Crippen molar-refractivity contribution in [2.45, 2.75) is 6.92 Å². The highest BCUT2D eigenvalue weighted by Crippen LogP contribution is 2.37. The quantitative estimate of drug-likeness (QED) is 0.328. The third-order valence-electron chi connectivity index (χ3n) is 5.73. The smallest absolute Gasteiger partial charge is 0.165 e. The molecule has 0 fully saturated rings. The molecule has 0 bridgehead atoms. The van der Waals surface area contributed by atoms with E-state index in [2.05, 4.69) is 76.3 Å². The Labute approximate surface area is 185 Å². The van der Waals surface area contributed by atoms with E-state index in [-0.39, 0.29) is 0 Å². The SMILES string of the molecule is Cc1nc(-c2ccccc2)nc(-c2cccc3c4ccccc4n(-c4ccccc4)c23)n1. The molecule has 0 aliphatic heterocycles. The molecule has 0 N–H and O–H groups in total. The molecule has 6 rings (SSSR count). The second-order valence-electron chi connectivity index (χ2n) is 7.79. The molecule has 4 aromatic carbocycles. The number of aromatic nitrogens is 4. The predicted molar refractivity (Wildman–Crippen MR) is 130 cm³/mol. The maximum Gasteiger partial charge on any atom is 0.165 e. The standard InChI is InChI=1S/C28H20N4/c1-19-29-27(20-11-4-2-5-12-20)31-28(30-19)24-17-10-16-23-22-15-8-9-18-25(22)32(26(23)24)21-13-6-3-7-14-21/h2-18H,1H3. The third kappa shape index (κ3) is 2.96. The third-order valence-corrected chi connectivity index (χ3v) is 5.73. The lowest BCUT2D eigenvalue weighted by atomic mass is 10.1. The second-order valence-corrected chi connectivity index (χ2v) is 7.79. The van der Waals surface area contributed by atoms with Gasteiger partial charge in [-0.05, 0) is 31.2 Å². The maximum absolute atomic E-state index is 4.89. The second kappa shape index (κ2) is 7.43. The van der Waals surface area contributed by atoms with Gasteiger partial charge in [0, 0.05) is 27.6 Å². The predicted octanol–water partition coefficient (Wildman–Crippen LogP) is 6.61. The van der Waals surface area contributed by atoms with Gasteiger partial charge in [0.2, 0.25) is 0 Å². The summed E-state index contributed by atoms with van der Waals surface area (Å²) in [6.45, 7) is 1.92. The van der Waals surface area contributed by atoms with Gasteiger partial charge in [0.1, 0.15) is 5.82 Å². The summed E-state index contributed by atoms with van der Waals surface area (Å²) >= 11 is 0. The van der Waals surface area contributed by atoms with Crippen molar-refractivity contribution in [1.82, 2.24) is 19.5 Å². The summed E-state index contributed by atoms with van der Waals surface area (Å²) in [5.74, 6) is 2.07. The van der Waals surface area contributed by atoms with Gasteiger partial charge in [-0.3, -0.25) is 0 Å². The van der Waals surface area contributed by atoms with Crippen molar-refractivity contribution in [1.29, 1.82) is 0 Å². The average Bonchev–Trinajstić information content (AvgIpc) is 3.19. The summed E-state index contributed by atoms with van der Waals surface area (Å²) in [7, 11) is 0. The lowest BCUT2D eigenvalue weighted by Gasteiger charge is -2.11. The van der Waals surface area contributed by atoms with Gasteiger partial charge >= 0.3 is 0 Å². The van der Waals surface area contributed by atoms with Crippen molar-refractivity contribution in [3.63, 3.8) is 0 Å². The zero-order chi connectivity index (χ0) is 21.5. The highest BCUT2D eigenvalue weighted by Gasteiger charge is 2.18. The van der Waals surface area contributed by atoms with Gasteiger partial charge in [-0.2, -0.15) is 0 Å². The topological polar surface area (TPSA) is 43.6 Å². The fraction of sp³-hybridized carbons (Fsp3) is 0.0357. The van der Waals surface area contributed by atoms with Crippen molar-refractivity contribution >= 4 is 21.8 Å². The van der Waals surface area contributed by atoms with E-state index >= 15 is 0 Å². The van der Waals surface area contributed by atoms with Crippen LogP contribution in [-0.4, -0.2) is 19.5 Å². The average molecular weight is 412 g/mol. The van der Waals surface area contributed by atoms with Crippen LogP contribution in [0.25, 0.3) is 50.3 Å². The van der Waals surface area contributed by atoms with Gasteiger partial charge in [-0.1, -0.05) is 78.9 Å². The Kier molecular flexibility index (Phi) is 4.29. The van der Waals surface area contributed by atoms with Crippen LogP contribution in [-0.2, 0) is 0 Å². The van der Waals surface area contributed by atoms with Gasteiger partial charge in [0.05, 0.1) is 11.0 Å². The van der Waals surface area contributed by atoms with Crippen molar-refractivity contribution in [3.8, 4) is 28.5 Å². The first-order valence-electron chi connectivity index (χ1n) is 10.7. The molecule has 0 saturated carbocycles. The minimum atomic E-state index is 0.682. The van der Waals surface area contributed by atoms with E-state index in [4.69, 9.17) is 9.97 Å². The van der Waals surface area contributed by atoms with Crippen LogP contribution in [0.2, 0.25) is 0 Å². The van der Waals surface area contributed by atoms with E-state index in [1.807, 2.05) is 43.3 Å². The molecule has 0 spiro atoms. The number of fused-ring (bicyclic) bond motifs is 3. The summed E-state index contributed by atoms with van der Waals surface area (Å²) in [6, 6.07) is 35.4. The normalized spacial score (nSPS) is 11.3. The first-order chi connectivity index (χ1) is 15.8. The van der Waals surface area contributed by atoms with Crippen molar-refractivity contribution < 1.29 is 0 Å². The lowest BCUT2D eigenvalue weighted by Crippen LogP contribution is -2.01. The minimum absolute atomic E-state index is 0.682. The molecule has 0 saturated heterocycles. The van der Waals surface area contributed by atoms with Crippen LogP contribution in [0.4, 0.5) is 0 Å². The molecule has 2 aromatic heterocycles. The fourth-order valence-electron chi connectivity index (χ4n) is 4.36. The van der Waals surface area contributed by atoms with E-state index in [0.29, 0.717) is 17.5 Å². The number of benzene rings is 4. The molecule has 32 heavy (non-hydrogen) atoms. The zero-order valence-electron chi connectivity index (χ0n) is 17.6. The largest absolute Gasteiger partial charge is 0.309 e. The number of nitrogens with zero attached hydrogens (tertiary/aromatic N) is 4. The van der Waals surface area contributed by atoms with Crippen molar-refractivity contribution in [2.75, 3.05) is 0 Å². The van der Waals surface area contributed by atoms with Gasteiger partial charge < -0.3 is 4.57 Å². The first-order valence-corrected chi connectivity index (χ1v) is 10.7. The van der Waals surface area contributed by atoms with E-state index in [1.165, 1.54) is 10.8 Å². The summed E-state index contributed by atoms with van der Waals surface area (Å²) < 4.78 is 2.31. The van der Waals surface area contributed by atoms with Crippen LogP contribution in [0.5, 0.6) is 0 Å². The fourth-order valence-corrected chi connectivity index (χ4v) is 4.36. The van der Waals surface area contributed by atoms with E-state index in [1.54, 1.807) is 0 Å². The molecule has 4 nitrogen and oxygen atoms in total. The monoisotopic (exact) mass is 412 g/mol. The zero-order valence-corrected chi connectivity index (χ0v) is 17.6. The first kappa shape index (κ1) is 18.5. The summed E-state index contributed by atoms with van der Waals surface area (Å²) in [5.41, 5.74) is 5.35. The van der Waals surface area contributed by atoms with Crippen LogP contribution in [0, 0.1) is 6.92 Å². The number of rotatable bonds is 3. The van der Waals surface area contributed by atoms with Crippen LogP contribution >= 0.6 is 0 Å². The molecule has 0 atom stereocenters. The van der Waals surface area contributed by atoms with Gasteiger partial charge in [0.25, 0.3) is 0 Å². The number of aryl methyl sites for hydroxylation is 1. The summed E-state index contributed by atoms with van der Waals surface area (Å²) in [6.07, 6.45) is 0. The van der Waals surface area contributed by atoms with Gasteiger partial charge in [0.15, 0.2) is 11.6 Å². The maximum atomic E-state index is 4.89. The van der Waals surface area contributed by atoms with Crippen molar-refractivity contribution in [3.05, 3.63) is 109 Å². The molecule has 0 radical (unpaired) electrons. The van der Waals surface area contributed by atoms with E-state index in [0.717, 1.165) is 27.8 Å². The van der Waals surface area contributed by atoms with Gasteiger partial charge in [-0.15, -0.1) is 0 Å². The lowest BCUT2D eigenvalue weighted by molar-refractivity contribution is 0.992. The Balaban J connectivity index is 1.70. The van der Waals surface area contributed by atoms with Gasteiger partial charge in [-0.25, -0.2) is 15.0 Å². The molecular formula is C28H20N4. The highest BCUT2D eigenvalue weighted by molar-refractivity contribution is 6.13. The Bertz CT molecular complexity index is 1570. The minimum Gasteiger partial charge on any atom is -0.309 e. The van der Waals surface area contributed by atoms with Crippen LogP contribution in [0.15, 0.2) is 103 Å². The van der Waals surface area contributed by atoms with Crippen LogP contribution in [0.1, 0.15) is 5.82 Å². The Morgan fingerprint density at radius 1 is 0.562 bits per heavy atom. The molecule has 0 amide bonds. The molecule has 152 valence electrons. The van der Waals surface area contributed by atoms with Crippen molar-refractivity contribution in [2.24, 2.45) is 0 Å². The molecule has 6 aromatic rings. The van der Waals surface area contributed by atoms with E-state index < -0.39 is 0 Å². The molecule has 0 unspecified atom stereocenters. The number of para-hydroxylation sites is 3. The molecule has 0 aliphatic carbocycles. The van der Waals surface area contributed by atoms with E-state index in [9.17, 15) is 0 Å². The summed E-state index contributed by atoms with van der Waals surface area (Å²) in [5, 5.41) is 2.39. The molecule has 4 heteroatoms. The Hall–Kier alpha value is -4.31.